The van der Waals surface area contributed by atoms with E-state index in [9.17, 15) is 4.79 Å². The number of nitrogens with zero attached hydrogens (tertiary/aromatic N) is 1. The molecule has 2 aromatic carbocycles. The van der Waals surface area contributed by atoms with Crippen LogP contribution in [-0.2, 0) is 24.1 Å². The van der Waals surface area contributed by atoms with E-state index < -0.39 is 0 Å². The monoisotopic (exact) mass is 379 g/mol. The maximum atomic E-state index is 12.5. The Balaban J connectivity index is 1.63. The highest BCUT2D eigenvalue weighted by atomic mass is 16.5. The lowest BCUT2D eigenvalue weighted by Crippen LogP contribution is -2.16. The smallest absolute Gasteiger partial charge is 0.228 e. The van der Waals surface area contributed by atoms with Crippen molar-refractivity contribution in [2.75, 3.05) is 19.5 Å². The van der Waals surface area contributed by atoms with Crippen LogP contribution in [0.2, 0.25) is 0 Å². The number of benzene rings is 2. The number of carbonyl (C=O) groups is 1. The molecule has 146 valence electrons. The molecule has 0 bridgehead atoms. The summed E-state index contributed by atoms with van der Waals surface area (Å²) in [5.41, 5.74) is 4.56. The molecule has 0 atom stereocenters. The highest BCUT2D eigenvalue weighted by molar-refractivity contribution is 5.93. The van der Waals surface area contributed by atoms with Crippen LogP contribution < -0.4 is 14.8 Å². The summed E-state index contributed by atoms with van der Waals surface area (Å²) >= 11 is 0. The highest BCUT2D eigenvalue weighted by Crippen LogP contribution is 2.21. The number of amides is 1. The summed E-state index contributed by atoms with van der Waals surface area (Å²) in [5.74, 6) is 1.50. The van der Waals surface area contributed by atoms with Crippen molar-refractivity contribution in [2.24, 2.45) is 0 Å². The number of ether oxygens (including phenoxy) is 2. The van der Waals surface area contributed by atoms with E-state index in [1.807, 2.05) is 55.5 Å². The number of methoxy groups -OCH3 is 2. The Labute approximate surface area is 164 Å². The fourth-order valence-electron chi connectivity index (χ4n) is 3.03. The van der Waals surface area contributed by atoms with Crippen molar-refractivity contribution in [3.8, 4) is 11.5 Å². The first-order valence-electron chi connectivity index (χ1n) is 9.18. The minimum absolute atomic E-state index is 0.0801. The van der Waals surface area contributed by atoms with E-state index >= 15 is 0 Å². The maximum Gasteiger partial charge on any atom is 0.228 e. The van der Waals surface area contributed by atoms with E-state index in [1.54, 1.807) is 14.2 Å². The third kappa shape index (κ3) is 4.91. The van der Waals surface area contributed by atoms with Gasteiger partial charge in [0.2, 0.25) is 5.91 Å². The quantitative estimate of drug-likeness (QED) is 0.626. The van der Waals surface area contributed by atoms with Gasteiger partial charge in [0.1, 0.15) is 11.5 Å². The number of aromatic amines is 1. The molecule has 28 heavy (non-hydrogen) atoms. The van der Waals surface area contributed by atoms with Crippen molar-refractivity contribution < 1.29 is 14.3 Å². The molecule has 0 spiro atoms. The average molecular weight is 379 g/mol. The fraction of sp³-hybridized carbons (Fsp3) is 0.273. The first kappa shape index (κ1) is 19.5. The average Bonchev–Trinajstić information content (AvgIpc) is 3.06. The zero-order chi connectivity index (χ0) is 19.9. The summed E-state index contributed by atoms with van der Waals surface area (Å²) < 4.78 is 10.4. The van der Waals surface area contributed by atoms with Gasteiger partial charge in [0.05, 0.1) is 37.7 Å². The minimum Gasteiger partial charge on any atom is -0.497 e. The van der Waals surface area contributed by atoms with Crippen LogP contribution in [0, 0.1) is 6.92 Å². The van der Waals surface area contributed by atoms with Gasteiger partial charge < -0.3 is 14.8 Å². The minimum atomic E-state index is -0.0801. The van der Waals surface area contributed by atoms with E-state index in [2.05, 4.69) is 15.5 Å². The van der Waals surface area contributed by atoms with Crippen LogP contribution in [0.4, 0.5) is 5.69 Å². The van der Waals surface area contributed by atoms with Gasteiger partial charge in [0, 0.05) is 0 Å². The van der Waals surface area contributed by atoms with Crippen molar-refractivity contribution in [3.05, 3.63) is 71.0 Å². The third-order valence-electron chi connectivity index (χ3n) is 4.59. The van der Waals surface area contributed by atoms with Gasteiger partial charge in [-0.25, -0.2) is 0 Å². The van der Waals surface area contributed by atoms with Crippen LogP contribution in [0.1, 0.15) is 22.5 Å². The molecule has 0 saturated carbocycles. The predicted molar refractivity (Wildman–Crippen MR) is 109 cm³/mol. The second-order valence-electron chi connectivity index (χ2n) is 6.59. The van der Waals surface area contributed by atoms with E-state index in [1.165, 1.54) is 5.56 Å². The van der Waals surface area contributed by atoms with E-state index in [0.29, 0.717) is 0 Å². The van der Waals surface area contributed by atoms with Crippen molar-refractivity contribution in [1.29, 1.82) is 0 Å². The van der Waals surface area contributed by atoms with E-state index in [0.717, 1.165) is 47.0 Å². The van der Waals surface area contributed by atoms with Crippen molar-refractivity contribution >= 4 is 11.6 Å². The molecule has 0 saturated heterocycles. The van der Waals surface area contributed by atoms with Crippen molar-refractivity contribution in [3.63, 3.8) is 0 Å². The summed E-state index contributed by atoms with van der Waals surface area (Å²) in [4.78, 5) is 12.5. The Morgan fingerprint density at radius 2 is 1.75 bits per heavy atom. The Bertz CT molecular complexity index is 932. The summed E-state index contributed by atoms with van der Waals surface area (Å²) in [6, 6.07) is 15.5. The van der Waals surface area contributed by atoms with Gasteiger partial charge in [0.25, 0.3) is 0 Å². The molecule has 1 amide bonds. The molecule has 3 aromatic rings. The summed E-state index contributed by atoms with van der Waals surface area (Å²) in [7, 11) is 3.27. The second kappa shape index (κ2) is 9.08. The standard InChI is InChI=1S/C22H25N3O3/c1-15-22(23-21(26)14-17-5-4-6-19(13-17)28-3)20(25-24-15)12-9-16-7-10-18(27-2)11-8-16/h4-8,10-11,13H,9,12,14H2,1-3H3,(H,23,26)(H,24,25). The van der Waals surface area contributed by atoms with Gasteiger partial charge in [-0.1, -0.05) is 24.3 Å². The summed E-state index contributed by atoms with van der Waals surface area (Å²) in [6.45, 7) is 1.91. The maximum absolute atomic E-state index is 12.5. The molecule has 0 unspecified atom stereocenters. The molecule has 0 aliphatic rings. The first-order valence-corrected chi connectivity index (χ1v) is 9.18. The number of hydrogen-bond donors (Lipinski definition) is 2. The summed E-state index contributed by atoms with van der Waals surface area (Å²) in [5, 5.41) is 10.3. The number of anilines is 1. The Hall–Kier alpha value is -3.28. The summed E-state index contributed by atoms with van der Waals surface area (Å²) in [6.07, 6.45) is 1.83. The number of hydrogen-bond acceptors (Lipinski definition) is 4. The number of rotatable bonds is 8. The largest absolute Gasteiger partial charge is 0.497 e. The number of carbonyl (C=O) groups excluding carboxylic acids is 1. The van der Waals surface area contributed by atoms with Crippen LogP contribution in [0.5, 0.6) is 11.5 Å². The molecule has 1 aromatic heterocycles. The molecular weight excluding hydrogens is 354 g/mol. The molecule has 0 fully saturated rings. The second-order valence-corrected chi connectivity index (χ2v) is 6.59. The van der Waals surface area contributed by atoms with Crippen LogP contribution in [0.25, 0.3) is 0 Å². The number of H-pyrrole nitrogens is 1. The third-order valence-corrected chi connectivity index (χ3v) is 4.59. The van der Waals surface area contributed by atoms with Gasteiger partial charge in [-0.2, -0.15) is 5.10 Å². The van der Waals surface area contributed by atoms with Gasteiger partial charge in [-0.05, 0) is 55.2 Å². The van der Waals surface area contributed by atoms with Gasteiger partial charge in [-0.3, -0.25) is 9.89 Å². The zero-order valence-electron chi connectivity index (χ0n) is 16.4. The normalized spacial score (nSPS) is 10.5. The zero-order valence-corrected chi connectivity index (χ0v) is 16.4. The predicted octanol–water partition coefficient (Wildman–Crippen LogP) is 3.70. The lowest BCUT2D eigenvalue weighted by molar-refractivity contribution is -0.115. The van der Waals surface area contributed by atoms with Gasteiger partial charge in [0.15, 0.2) is 0 Å². The number of aromatic nitrogens is 2. The molecule has 3 rings (SSSR count). The van der Waals surface area contributed by atoms with Crippen LogP contribution >= 0.6 is 0 Å². The van der Waals surface area contributed by atoms with Crippen molar-refractivity contribution in [1.82, 2.24) is 10.2 Å². The molecule has 0 aliphatic carbocycles. The number of aryl methyl sites for hydroxylation is 3. The molecule has 1 heterocycles. The van der Waals surface area contributed by atoms with Gasteiger partial charge >= 0.3 is 0 Å². The SMILES string of the molecule is COc1ccc(CCc2n[nH]c(C)c2NC(=O)Cc2cccc(OC)c2)cc1. The van der Waals surface area contributed by atoms with Crippen molar-refractivity contribution in [2.45, 2.75) is 26.2 Å². The molecule has 2 N–H and O–H groups in total. The van der Waals surface area contributed by atoms with E-state index in [-0.39, 0.29) is 12.3 Å². The Kier molecular flexibility index (Phi) is 6.32. The molecular formula is C22H25N3O3. The van der Waals surface area contributed by atoms with Crippen LogP contribution in [-0.4, -0.2) is 30.3 Å². The lowest BCUT2D eigenvalue weighted by atomic mass is 10.1. The molecule has 0 radical (unpaired) electrons. The molecule has 6 nitrogen and oxygen atoms in total. The Morgan fingerprint density at radius 3 is 2.46 bits per heavy atom. The fourth-order valence-corrected chi connectivity index (χ4v) is 3.03. The highest BCUT2D eigenvalue weighted by Gasteiger charge is 2.14. The molecule has 6 heteroatoms. The van der Waals surface area contributed by atoms with Crippen LogP contribution in [0.15, 0.2) is 48.5 Å². The van der Waals surface area contributed by atoms with Gasteiger partial charge in [-0.15, -0.1) is 0 Å². The number of nitrogens with one attached hydrogen (secondary N) is 2. The first-order chi connectivity index (χ1) is 13.6. The Morgan fingerprint density at radius 1 is 1.00 bits per heavy atom. The molecule has 0 aliphatic heterocycles. The topological polar surface area (TPSA) is 76.2 Å². The van der Waals surface area contributed by atoms with Crippen LogP contribution in [0.3, 0.4) is 0 Å². The lowest BCUT2D eigenvalue weighted by Gasteiger charge is -2.08. The van der Waals surface area contributed by atoms with E-state index in [4.69, 9.17) is 9.47 Å².